The number of carbonyl (C=O) groups is 1. The van der Waals surface area contributed by atoms with Crippen LogP contribution in [0.2, 0.25) is 0 Å². The summed E-state index contributed by atoms with van der Waals surface area (Å²) in [6.45, 7) is 10.2. The Balaban J connectivity index is 1.47. The smallest absolute Gasteiger partial charge is 0.303 e. The number of allylic oxidation sites excluding steroid dienone is 1. The number of esters is 1. The first-order valence-electron chi connectivity index (χ1n) is 11.8. The number of piperidine rings is 1. The Morgan fingerprint density at radius 3 is 2.93 bits per heavy atom. The molecule has 29 heavy (non-hydrogen) atoms. The van der Waals surface area contributed by atoms with E-state index in [9.17, 15) is 4.79 Å². The highest BCUT2D eigenvalue weighted by molar-refractivity contribution is 5.66. The highest BCUT2D eigenvalue weighted by atomic mass is 16.6. The molecule has 4 heterocycles. The molecular weight excluding hydrogens is 366 g/mol. The van der Waals surface area contributed by atoms with Gasteiger partial charge >= 0.3 is 5.97 Å². The van der Waals surface area contributed by atoms with Gasteiger partial charge in [-0.25, -0.2) is 4.90 Å². The van der Waals surface area contributed by atoms with Gasteiger partial charge in [-0.1, -0.05) is 25.5 Å². The monoisotopic (exact) mass is 399 g/mol. The van der Waals surface area contributed by atoms with Crippen LogP contribution in [0.3, 0.4) is 0 Å². The van der Waals surface area contributed by atoms with E-state index in [2.05, 4.69) is 18.4 Å². The normalized spacial score (nSPS) is 59.4. The summed E-state index contributed by atoms with van der Waals surface area (Å²) in [6, 6.07) is 0. The van der Waals surface area contributed by atoms with Crippen molar-refractivity contribution in [1.82, 2.24) is 4.90 Å². The van der Waals surface area contributed by atoms with E-state index in [1.165, 1.54) is 37.7 Å². The van der Waals surface area contributed by atoms with Crippen LogP contribution in [-0.2, 0) is 19.0 Å². The molecule has 158 valence electrons. The van der Waals surface area contributed by atoms with Gasteiger partial charge in [0, 0.05) is 35.6 Å². The molecule has 5 nitrogen and oxygen atoms in total. The van der Waals surface area contributed by atoms with Gasteiger partial charge in [0.15, 0.2) is 0 Å². The van der Waals surface area contributed by atoms with Crippen LogP contribution in [-0.4, -0.2) is 48.7 Å². The van der Waals surface area contributed by atoms with Crippen LogP contribution in [0.5, 0.6) is 0 Å². The largest absolute Gasteiger partial charge is 0.459 e. The Morgan fingerprint density at radius 2 is 2.14 bits per heavy atom. The van der Waals surface area contributed by atoms with Crippen LogP contribution >= 0.6 is 0 Å². The van der Waals surface area contributed by atoms with Crippen LogP contribution in [0, 0.1) is 34.0 Å². The Hall–Kier alpha value is -0.910. The molecule has 2 unspecified atom stereocenters. The van der Waals surface area contributed by atoms with Crippen LogP contribution in [0.15, 0.2) is 12.2 Å². The number of ether oxygens (including phenoxy) is 3. The van der Waals surface area contributed by atoms with Crippen molar-refractivity contribution < 1.29 is 19.0 Å². The number of nitrogens with zero attached hydrogens (tertiary/aromatic N) is 1. The molecule has 9 aliphatic rings. The summed E-state index contributed by atoms with van der Waals surface area (Å²) in [5.74, 6) is 1.54. The third-order valence-corrected chi connectivity index (χ3v) is 10.6. The van der Waals surface area contributed by atoms with E-state index in [4.69, 9.17) is 14.2 Å². The number of hydrogen-bond acceptors (Lipinski definition) is 5. The molecule has 2 spiro atoms. The lowest BCUT2D eigenvalue weighted by Gasteiger charge is -2.80. The highest BCUT2D eigenvalue weighted by Crippen LogP contribution is 2.79. The fourth-order valence-electron chi connectivity index (χ4n) is 10.1. The van der Waals surface area contributed by atoms with E-state index >= 15 is 0 Å². The van der Waals surface area contributed by atoms with Gasteiger partial charge in [0.2, 0.25) is 0 Å². The molecule has 5 heteroatoms. The zero-order valence-electron chi connectivity index (χ0n) is 17.7. The Bertz CT molecular complexity index is 813. The highest BCUT2D eigenvalue weighted by Gasteiger charge is 2.82. The van der Waals surface area contributed by atoms with Gasteiger partial charge in [-0.2, -0.15) is 0 Å². The zero-order chi connectivity index (χ0) is 19.8. The molecule has 5 aliphatic carbocycles. The molecule has 0 aromatic carbocycles. The molecule has 5 saturated carbocycles. The quantitative estimate of drug-likeness (QED) is 0.499. The summed E-state index contributed by atoms with van der Waals surface area (Å²) in [5.41, 5.74) is 1.66. The molecule has 7 bridgehead atoms. The van der Waals surface area contributed by atoms with Crippen molar-refractivity contribution >= 4 is 5.97 Å². The number of fused-ring (bicyclic) bond motifs is 4. The number of hydrogen-bond donors (Lipinski definition) is 0. The fraction of sp³-hybridized carbons (Fsp3) is 0.875. The molecule has 9 fully saturated rings. The lowest BCUT2D eigenvalue weighted by molar-refractivity contribution is -0.438. The third kappa shape index (κ3) is 1.77. The molecule has 0 aromatic rings. The van der Waals surface area contributed by atoms with Crippen LogP contribution in [0.1, 0.15) is 58.8 Å². The van der Waals surface area contributed by atoms with Gasteiger partial charge in [-0.3, -0.25) is 4.79 Å². The maximum atomic E-state index is 12.3. The van der Waals surface area contributed by atoms with Crippen molar-refractivity contribution in [3.05, 3.63) is 12.2 Å². The zero-order valence-corrected chi connectivity index (χ0v) is 17.7. The second-order valence-electron chi connectivity index (χ2n) is 11.5. The van der Waals surface area contributed by atoms with Crippen molar-refractivity contribution in [2.24, 2.45) is 34.0 Å². The molecule has 9 rings (SSSR count). The van der Waals surface area contributed by atoms with Gasteiger partial charge in [0.1, 0.15) is 24.7 Å². The summed E-state index contributed by atoms with van der Waals surface area (Å²) in [6.07, 6.45) is 8.49. The maximum Gasteiger partial charge on any atom is 0.303 e. The molecule has 0 amide bonds. The van der Waals surface area contributed by atoms with Crippen molar-refractivity contribution in [3.63, 3.8) is 0 Å². The first kappa shape index (κ1) is 17.7. The minimum absolute atomic E-state index is 0.00486. The average molecular weight is 400 g/mol. The Kier molecular flexibility index (Phi) is 3.23. The van der Waals surface area contributed by atoms with Crippen molar-refractivity contribution in [3.8, 4) is 0 Å². The fourth-order valence-corrected chi connectivity index (χ4v) is 10.1. The molecule has 0 N–H and O–H groups in total. The SMILES string of the molecule is C=C1C[C@]23CC[C@H]1C[C@H]2[C@]12CCC[C@]4(C)C1[C@H](OC(C)=O)[C@@H]3OC2N1CCO[C@H]14. The topological polar surface area (TPSA) is 48.0 Å². The summed E-state index contributed by atoms with van der Waals surface area (Å²) in [4.78, 5) is 14.9. The number of carbonyl (C=O) groups excluding carboxylic acids is 1. The van der Waals surface area contributed by atoms with E-state index < -0.39 is 0 Å². The Labute approximate surface area is 173 Å². The van der Waals surface area contributed by atoms with E-state index in [1.807, 2.05) is 0 Å². The molecule has 4 aliphatic heterocycles. The van der Waals surface area contributed by atoms with Gasteiger partial charge in [0.25, 0.3) is 0 Å². The van der Waals surface area contributed by atoms with Crippen LogP contribution < -0.4 is 0 Å². The summed E-state index contributed by atoms with van der Waals surface area (Å²) in [7, 11) is 0. The third-order valence-electron chi connectivity index (χ3n) is 10.6. The molecule has 0 aromatic heterocycles. The minimum atomic E-state index is -0.160. The van der Waals surface area contributed by atoms with E-state index in [0.29, 0.717) is 17.8 Å². The van der Waals surface area contributed by atoms with Gasteiger partial charge < -0.3 is 14.2 Å². The average Bonchev–Trinajstić information content (AvgIpc) is 3.17. The van der Waals surface area contributed by atoms with Crippen LogP contribution in [0.25, 0.3) is 0 Å². The van der Waals surface area contributed by atoms with Crippen molar-refractivity contribution in [1.29, 1.82) is 0 Å². The van der Waals surface area contributed by atoms with Crippen LogP contribution in [0.4, 0.5) is 0 Å². The first-order valence-corrected chi connectivity index (χ1v) is 11.8. The number of rotatable bonds is 1. The summed E-state index contributed by atoms with van der Waals surface area (Å²) in [5, 5.41) is 0. The second kappa shape index (κ2) is 5.28. The lowest BCUT2D eigenvalue weighted by Crippen LogP contribution is -2.85. The molecular formula is C24H33NO4. The van der Waals surface area contributed by atoms with Crippen molar-refractivity contribution in [2.75, 3.05) is 13.2 Å². The molecule has 10 atom stereocenters. The second-order valence-corrected chi connectivity index (χ2v) is 11.5. The standard InChI is InChI=1S/C24H33NO4/c1-13-12-23-8-5-15(13)11-16(23)24-7-4-6-22(3)18(24)17(28-14(2)26)19(23)29-21(24)25-9-10-27-20(22)25/h15-21H,1,4-12H2,2-3H3/t15-,16+,17-,18?,19-,20-,21?,22+,23+,24+/m0/s1. The van der Waals surface area contributed by atoms with E-state index in [1.54, 1.807) is 6.92 Å². The maximum absolute atomic E-state index is 12.3. The predicted octanol–water partition coefficient (Wildman–Crippen LogP) is 3.48. The van der Waals surface area contributed by atoms with E-state index in [-0.39, 0.29) is 46.9 Å². The van der Waals surface area contributed by atoms with E-state index in [0.717, 1.165) is 26.0 Å². The summed E-state index contributed by atoms with van der Waals surface area (Å²) >= 11 is 0. The van der Waals surface area contributed by atoms with Gasteiger partial charge in [0.05, 0.1) is 6.61 Å². The van der Waals surface area contributed by atoms with Gasteiger partial charge in [-0.15, -0.1) is 0 Å². The minimum Gasteiger partial charge on any atom is -0.459 e. The first-order chi connectivity index (χ1) is 13.9. The van der Waals surface area contributed by atoms with Gasteiger partial charge in [-0.05, 0) is 50.4 Å². The molecule has 4 saturated heterocycles. The lowest BCUT2D eigenvalue weighted by atomic mass is 9.32. The predicted molar refractivity (Wildman–Crippen MR) is 106 cm³/mol. The van der Waals surface area contributed by atoms with Crippen molar-refractivity contribution in [2.45, 2.75) is 83.5 Å². The Morgan fingerprint density at radius 1 is 1.28 bits per heavy atom. The summed E-state index contributed by atoms with van der Waals surface area (Å²) < 4.78 is 19.6. The molecule has 0 radical (unpaired) electrons.